The Morgan fingerprint density at radius 3 is 2.07 bits per heavy atom. The summed E-state index contributed by atoms with van der Waals surface area (Å²) in [6, 6.07) is 15.6. The number of hydrogen-bond acceptors (Lipinski definition) is 5. The molecule has 5 rings (SSSR count). The van der Waals surface area contributed by atoms with Gasteiger partial charge in [0.15, 0.2) is 0 Å². The number of halogens is 1. The third-order valence-electron chi connectivity index (χ3n) is 4.89. The van der Waals surface area contributed by atoms with Gasteiger partial charge in [-0.05, 0) is 60.7 Å². The molecule has 8 heteroatoms. The van der Waals surface area contributed by atoms with E-state index in [0.717, 1.165) is 4.90 Å². The SMILES string of the molecule is O=C1NC(=O)c2cc(N3C(=O)c4ccc(Oc5ccc(Cl)cc5)cc4C3=O)ccc21. The first kappa shape index (κ1) is 18.1. The highest BCUT2D eigenvalue weighted by Gasteiger charge is 2.38. The highest BCUT2D eigenvalue weighted by Crippen LogP contribution is 2.34. The number of imide groups is 2. The maximum Gasteiger partial charge on any atom is 0.266 e. The predicted octanol–water partition coefficient (Wildman–Crippen LogP) is 3.82. The summed E-state index contributed by atoms with van der Waals surface area (Å²) in [5.41, 5.74) is 0.960. The Kier molecular flexibility index (Phi) is 3.94. The Hall–Kier alpha value is -3.97. The number of amides is 4. The van der Waals surface area contributed by atoms with Gasteiger partial charge in [-0.25, -0.2) is 4.90 Å². The number of nitrogens with one attached hydrogen (secondary N) is 1. The summed E-state index contributed by atoms with van der Waals surface area (Å²) in [6.45, 7) is 0. The van der Waals surface area contributed by atoms with Crippen molar-refractivity contribution in [2.24, 2.45) is 0 Å². The molecule has 30 heavy (non-hydrogen) atoms. The minimum Gasteiger partial charge on any atom is -0.457 e. The topological polar surface area (TPSA) is 92.8 Å². The Morgan fingerprint density at radius 1 is 0.667 bits per heavy atom. The quantitative estimate of drug-likeness (QED) is 0.653. The van der Waals surface area contributed by atoms with Crippen LogP contribution in [0.4, 0.5) is 5.69 Å². The van der Waals surface area contributed by atoms with Crippen molar-refractivity contribution in [3.8, 4) is 11.5 Å². The Balaban J connectivity index is 1.48. The summed E-state index contributed by atoms with van der Waals surface area (Å²) in [5, 5.41) is 2.75. The lowest BCUT2D eigenvalue weighted by Gasteiger charge is -2.14. The first-order valence-corrected chi connectivity index (χ1v) is 9.26. The van der Waals surface area contributed by atoms with Gasteiger partial charge in [0.1, 0.15) is 11.5 Å². The van der Waals surface area contributed by atoms with E-state index in [1.807, 2.05) is 0 Å². The maximum absolute atomic E-state index is 13.0. The number of anilines is 1. The number of ether oxygens (including phenoxy) is 1. The first-order chi connectivity index (χ1) is 14.4. The molecule has 2 aliphatic heterocycles. The molecule has 4 amide bonds. The van der Waals surface area contributed by atoms with Gasteiger partial charge in [-0.3, -0.25) is 24.5 Å². The number of nitrogens with zero attached hydrogens (tertiary/aromatic N) is 1. The van der Waals surface area contributed by atoms with E-state index in [1.165, 1.54) is 30.3 Å². The van der Waals surface area contributed by atoms with E-state index in [9.17, 15) is 19.2 Å². The summed E-state index contributed by atoms with van der Waals surface area (Å²) < 4.78 is 5.74. The van der Waals surface area contributed by atoms with E-state index in [2.05, 4.69) is 5.32 Å². The summed E-state index contributed by atoms with van der Waals surface area (Å²) in [6.07, 6.45) is 0. The molecule has 1 N–H and O–H groups in total. The first-order valence-electron chi connectivity index (χ1n) is 8.88. The van der Waals surface area contributed by atoms with Gasteiger partial charge in [-0.15, -0.1) is 0 Å². The van der Waals surface area contributed by atoms with Crippen LogP contribution in [0.15, 0.2) is 60.7 Å². The van der Waals surface area contributed by atoms with Gasteiger partial charge in [-0.2, -0.15) is 0 Å². The number of carbonyl (C=O) groups excluding carboxylic acids is 4. The molecule has 3 aromatic carbocycles. The summed E-state index contributed by atoms with van der Waals surface area (Å²) >= 11 is 5.87. The highest BCUT2D eigenvalue weighted by molar-refractivity contribution is 6.35. The smallest absolute Gasteiger partial charge is 0.266 e. The highest BCUT2D eigenvalue weighted by atomic mass is 35.5. The molecule has 0 aromatic heterocycles. The molecule has 0 bridgehead atoms. The van der Waals surface area contributed by atoms with Crippen LogP contribution in [-0.4, -0.2) is 23.6 Å². The van der Waals surface area contributed by atoms with Crippen molar-refractivity contribution in [1.82, 2.24) is 5.32 Å². The van der Waals surface area contributed by atoms with Gasteiger partial charge in [0.25, 0.3) is 23.6 Å². The number of carbonyl (C=O) groups is 4. The van der Waals surface area contributed by atoms with Crippen LogP contribution >= 0.6 is 11.6 Å². The van der Waals surface area contributed by atoms with E-state index in [-0.39, 0.29) is 27.9 Å². The molecule has 0 radical (unpaired) electrons. The molecule has 0 fully saturated rings. The molecule has 146 valence electrons. The van der Waals surface area contributed by atoms with Crippen molar-refractivity contribution in [3.63, 3.8) is 0 Å². The van der Waals surface area contributed by atoms with Crippen molar-refractivity contribution in [3.05, 3.63) is 87.9 Å². The summed E-state index contributed by atoms with van der Waals surface area (Å²) in [7, 11) is 0. The van der Waals surface area contributed by atoms with Crippen LogP contribution in [0.3, 0.4) is 0 Å². The zero-order valence-corrected chi connectivity index (χ0v) is 15.9. The number of hydrogen-bond donors (Lipinski definition) is 1. The Bertz CT molecular complexity index is 1280. The molecular weight excluding hydrogens is 408 g/mol. The van der Waals surface area contributed by atoms with E-state index in [0.29, 0.717) is 16.5 Å². The Labute approximate surface area is 174 Å². The second-order valence-electron chi connectivity index (χ2n) is 6.72. The van der Waals surface area contributed by atoms with Gasteiger partial charge in [0.05, 0.1) is 27.9 Å². The monoisotopic (exact) mass is 418 g/mol. The van der Waals surface area contributed by atoms with Gasteiger partial charge in [-0.1, -0.05) is 11.6 Å². The van der Waals surface area contributed by atoms with Gasteiger partial charge >= 0.3 is 0 Å². The lowest BCUT2D eigenvalue weighted by Crippen LogP contribution is -2.29. The molecule has 3 aromatic rings. The minimum absolute atomic E-state index is 0.126. The second kappa shape index (κ2) is 6.53. The third kappa shape index (κ3) is 2.75. The maximum atomic E-state index is 13.0. The number of fused-ring (bicyclic) bond motifs is 2. The number of rotatable bonds is 3. The standard InChI is InChI=1S/C22H11ClN2O5/c23-11-1-4-13(5-2-11)30-14-6-8-16-18(10-14)22(29)25(21(16)28)12-3-7-15-17(9-12)20(27)24-19(15)26/h1-10H,(H,24,26,27). The molecule has 2 aliphatic rings. The van der Waals surface area contributed by atoms with Crippen LogP contribution in [0, 0.1) is 0 Å². The van der Waals surface area contributed by atoms with Crippen LogP contribution in [0.5, 0.6) is 11.5 Å². The minimum atomic E-state index is -0.563. The lowest BCUT2D eigenvalue weighted by atomic mass is 10.1. The van der Waals surface area contributed by atoms with Crippen LogP contribution in [-0.2, 0) is 0 Å². The molecule has 0 unspecified atom stereocenters. The summed E-state index contributed by atoms with van der Waals surface area (Å²) in [5.74, 6) is -1.21. The number of benzene rings is 3. The van der Waals surface area contributed by atoms with E-state index in [4.69, 9.17) is 16.3 Å². The molecule has 2 heterocycles. The molecule has 0 spiro atoms. The van der Waals surface area contributed by atoms with Crippen molar-refractivity contribution in [2.45, 2.75) is 0 Å². The fourth-order valence-electron chi connectivity index (χ4n) is 3.45. The largest absolute Gasteiger partial charge is 0.457 e. The van der Waals surface area contributed by atoms with Crippen molar-refractivity contribution in [2.75, 3.05) is 4.90 Å². The molecule has 0 atom stereocenters. The third-order valence-corrected chi connectivity index (χ3v) is 5.14. The molecule has 7 nitrogen and oxygen atoms in total. The van der Waals surface area contributed by atoms with Crippen LogP contribution in [0.2, 0.25) is 5.02 Å². The fraction of sp³-hybridized carbons (Fsp3) is 0. The molecule has 0 aliphatic carbocycles. The molecule has 0 saturated carbocycles. The van der Waals surface area contributed by atoms with Crippen LogP contribution in [0.1, 0.15) is 41.4 Å². The van der Waals surface area contributed by atoms with Crippen LogP contribution in [0.25, 0.3) is 0 Å². The van der Waals surface area contributed by atoms with Gasteiger partial charge in [0, 0.05) is 5.02 Å². The predicted molar refractivity (Wildman–Crippen MR) is 107 cm³/mol. The van der Waals surface area contributed by atoms with E-state index in [1.54, 1.807) is 30.3 Å². The zero-order valence-electron chi connectivity index (χ0n) is 15.1. The van der Waals surface area contributed by atoms with Crippen LogP contribution < -0.4 is 15.0 Å². The fourth-order valence-corrected chi connectivity index (χ4v) is 3.58. The molecular formula is C22H11ClN2O5. The zero-order chi connectivity index (χ0) is 21.0. The second-order valence-corrected chi connectivity index (χ2v) is 7.16. The van der Waals surface area contributed by atoms with E-state index < -0.39 is 23.6 Å². The van der Waals surface area contributed by atoms with E-state index >= 15 is 0 Å². The van der Waals surface area contributed by atoms with Crippen molar-refractivity contribution >= 4 is 40.9 Å². The average molecular weight is 419 g/mol. The Morgan fingerprint density at radius 2 is 1.30 bits per heavy atom. The van der Waals surface area contributed by atoms with Crippen molar-refractivity contribution < 1.29 is 23.9 Å². The lowest BCUT2D eigenvalue weighted by molar-refractivity contribution is 0.0873. The van der Waals surface area contributed by atoms with Gasteiger partial charge < -0.3 is 4.74 Å². The average Bonchev–Trinajstić information content (AvgIpc) is 3.16. The normalized spacial score (nSPS) is 14.6. The summed E-state index contributed by atoms with van der Waals surface area (Å²) in [4.78, 5) is 50.4. The molecule has 0 saturated heterocycles. The van der Waals surface area contributed by atoms with Crippen molar-refractivity contribution in [1.29, 1.82) is 0 Å². The van der Waals surface area contributed by atoms with Gasteiger partial charge in [0.2, 0.25) is 0 Å².